The number of rotatable bonds is 9. The summed E-state index contributed by atoms with van der Waals surface area (Å²) >= 11 is 1.60. The van der Waals surface area contributed by atoms with Gasteiger partial charge in [0.25, 0.3) is 0 Å². The normalized spacial score (nSPS) is 16.3. The highest BCUT2D eigenvalue weighted by atomic mass is 32.1. The number of thiophene rings is 1. The molecule has 1 N–H and O–H groups in total. The molecule has 0 bridgehead atoms. The Labute approximate surface area is 214 Å². The molecule has 3 heterocycles. The van der Waals surface area contributed by atoms with Crippen LogP contribution >= 0.6 is 11.3 Å². The van der Waals surface area contributed by atoms with Crippen molar-refractivity contribution in [1.82, 2.24) is 9.88 Å². The second-order valence-electron chi connectivity index (χ2n) is 9.35. The van der Waals surface area contributed by atoms with Gasteiger partial charge in [-0.3, -0.25) is 14.7 Å². The summed E-state index contributed by atoms with van der Waals surface area (Å²) in [4.78, 5) is 19.2. The molecule has 2 aromatic heterocycles. The van der Waals surface area contributed by atoms with E-state index in [-0.39, 0.29) is 24.0 Å². The molecule has 36 heavy (non-hydrogen) atoms. The lowest BCUT2D eigenvalue weighted by Gasteiger charge is -2.41. The van der Waals surface area contributed by atoms with Crippen LogP contribution in [0.25, 0.3) is 10.9 Å². The third kappa shape index (κ3) is 6.21. The van der Waals surface area contributed by atoms with Gasteiger partial charge in [0.15, 0.2) is 0 Å². The standard InChI is InChI=1S/C28H30F2N2O3S/c1-35-21-6-7-25-23(16-21)27(20(18-29)19-31-25)24(30)8-9-28(17-26(33)34)10-13-32(14-11-28)12-2-4-22-5-3-15-36-22/h3,5-7,15-16,19,24H,8-14,17-18H2,1H3,(H,33,34)/t24-/m1/s1. The fourth-order valence-electron chi connectivity index (χ4n) is 5.02. The third-order valence-corrected chi connectivity index (χ3v) is 7.85. The van der Waals surface area contributed by atoms with Gasteiger partial charge in [-0.25, -0.2) is 8.78 Å². The Morgan fingerprint density at radius 2 is 2.14 bits per heavy atom. The van der Waals surface area contributed by atoms with Crippen molar-refractivity contribution < 1.29 is 23.4 Å². The van der Waals surface area contributed by atoms with Gasteiger partial charge in [0.2, 0.25) is 0 Å². The van der Waals surface area contributed by atoms with E-state index in [1.807, 2.05) is 17.5 Å². The first-order valence-corrected chi connectivity index (χ1v) is 12.9. The SMILES string of the molecule is COc1ccc2ncc(CF)c([C@H](F)CCC3(CC(=O)O)CCN(CC#Cc4cccs4)CC3)c2c1. The minimum atomic E-state index is -1.44. The lowest BCUT2D eigenvalue weighted by atomic mass is 9.71. The fourth-order valence-corrected chi connectivity index (χ4v) is 5.62. The van der Waals surface area contributed by atoms with Gasteiger partial charge in [-0.15, -0.1) is 11.3 Å². The summed E-state index contributed by atoms with van der Waals surface area (Å²) in [6, 6.07) is 9.11. The second-order valence-corrected chi connectivity index (χ2v) is 10.3. The van der Waals surface area contributed by atoms with Gasteiger partial charge >= 0.3 is 5.97 Å². The summed E-state index contributed by atoms with van der Waals surface area (Å²) in [5.74, 6) is 6.02. The van der Waals surface area contributed by atoms with Crippen LogP contribution in [-0.2, 0) is 11.5 Å². The molecular formula is C28H30F2N2O3S. The Bertz CT molecular complexity index is 1240. The zero-order valence-electron chi connectivity index (χ0n) is 20.3. The van der Waals surface area contributed by atoms with Crippen molar-refractivity contribution in [2.75, 3.05) is 26.7 Å². The van der Waals surface area contributed by atoms with Crippen molar-refractivity contribution in [1.29, 1.82) is 0 Å². The minimum Gasteiger partial charge on any atom is -0.497 e. The summed E-state index contributed by atoms with van der Waals surface area (Å²) in [6.45, 7) is 1.23. The lowest BCUT2D eigenvalue weighted by molar-refractivity contribution is -0.141. The first kappa shape index (κ1) is 26.1. The quantitative estimate of drug-likeness (QED) is 0.347. The van der Waals surface area contributed by atoms with Gasteiger partial charge in [0, 0.05) is 22.7 Å². The maximum Gasteiger partial charge on any atom is 0.303 e. The molecule has 4 rings (SSSR count). The Morgan fingerprint density at radius 3 is 2.81 bits per heavy atom. The molecular weight excluding hydrogens is 482 g/mol. The van der Waals surface area contributed by atoms with Crippen molar-refractivity contribution >= 4 is 28.2 Å². The number of carboxylic acid groups (broad SMARTS) is 1. The summed E-state index contributed by atoms with van der Waals surface area (Å²) in [5.41, 5.74) is 0.579. The molecule has 1 atom stereocenters. The van der Waals surface area contributed by atoms with E-state index in [9.17, 15) is 14.3 Å². The van der Waals surface area contributed by atoms with Crippen LogP contribution < -0.4 is 4.74 Å². The molecule has 0 amide bonds. The number of carbonyl (C=O) groups is 1. The third-order valence-electron chi connectivity index (χ3n) is 7.06. The molecule has 0 unspecified atom stereocenters. The highest BCUT2D eigenvalue weighted by molar-refractivity contribution is 7.10. The predicted molar refractivity (Wildman–Crippen MR) is 138 cm³/mol. The van der Waals surface area contributed by atoms with E-state index in [2.05, 4.69) is 21.7 Å². The Balaban J connectivity index is 1.47. The van der Waals surface area contributed by atoms with Crippen LogP contribution in [0.1, 0.15) is 54.3 Å². The van der Waals surface area contributed by atoms with Crippen molar-refractivity contribution in [2.24, 2.45) is 5.41 Å². The number of methoxy groups -OCH3 is 1. The van der Waals surface area contributed by atoms with E-state index in [1.165, 1.54) is 13.3 Å². The number of aliphatic carboxylic acids is 1. The number of benzene rings is 1. The van der Waals surface area contributed by atoms with Crippen molar-refractivity contribution in [3.05, 3.63) is 57.9 Å². The maximum absolute atomic E-state index is 15.8. The minimum absolute atomic E-state index is 0.00464. The number of pyridine rings is 1. The van der Waals surface area contributed by atoms with Gasteiger partial charge in [-0.1, -0.05) is 17.9 Å². The number of hydrogen-bond donors (Lipinski definition) is 1. The van der Waals surface area contributed by atoms with Gasteiger partial charge < -0.3 is 9.84 Å². The first-order chi connectivity index (χ1) is 17.4. The average molecular weight is 513 g/mol. The lowest BCUT2D eigenvalue weighted by Crippen LogP contribution is -2.41. The molecule has 1 aliphatic rings. The molecule has 0 spiro atoms. The molecule has 0 radical (unpaired) electrons. The molecule has 1 aliphatic heterocycles. The molecule has 5 nitrogen and oxygen atoms in total. The topological polar surface area (TPSA) is 62.7 Å². The molecule has 1 fully saturated rings. The van der Waals surface area contributed by atoms with Crippen LogP contribution in [0.5, 0.6) is 5.75 Å². The highest BCUT2D eigenvalue weighted by Crippen LogP contribution is 2.43. The molecule has 1 aromatic carbocycles. The van der Waals surface area contributed by atoms with Crippen LogP contribution in [0.3, 0.4) is 0 Å². The van der Waals surface area contributed by atoms with Crippen LogP contribution in [0.15, 0.2) is 41.9 Å². The summed E-state index contributed by atoms with van der Waals surface area (Å²) < 4.78 is 34.9. The second kappa shape index (κ2) is 11.8. The number of fused-ring (bicyclic) bond motifs is 1. The average Bonchev–Trinajstić information content (AvgIpc) is 3.40. The Kier molecular flexibility index (Phi) is 8.55. The number of aromatic nitrogens is 1. The highest BCUT2D eigenvalue weighted by Gasteiger charge is 2.37. The number of likely N-dealkylation sites (tertiary alicyclic amines) is 1. The van der Waals surface area contributed by atoms with Crippen LogP contribution in [-0.4, -0.2) is 47.7 Å². The van der Waals surface area contributed by atoms with Gasteiger partial charge in [-0.2, -0.15) is 0 Å². The Morgan fingerprint density at radius 1 is 1.33 bits per heavy atom. The van der Waals surface area contributed by atoms with Gasteiger partial charge in [0.1, 0.15) is 18.6 Å². The number of hydrogen-bond acceptors (Lipinski definition) is 5. The van der Waals surface area contributed by atoms with Gasteiger partial charge in [-0.05, 0) is 73.8 Å². The summed E-state index contributed by atoms with van der Waals surface area (Å²) in [6.07, 6.45) is 1.80. The van der Waals surface area contributed by atoms with Gasteiger partial charge in [0.05, 0.1) is 30.5 Å². The van der Waals surface area contributed by atoms with E-state index in [0.717, 1.165) is 4.88 Å². The number of carboxylic acids is 1. The number of piperidine rings is 1. The summed E-state index contributed by atoms with van der Waals surface area (Å²) in [7, 11) is 1.52. The molecule has 8 heteroatoms. The molecule has 0 saturated carbocycles. The zero-order valence-corrected chi connectivity index (χ0v) is 21.1. The first-order valence-electron chi connectivity index (χ1n) is 12.0. The van der Waals surface area contributed by atoms with Crippen LogP contribution in [0.4, 0.5) is 8.78 Å². The number of alkyl halides is 2. The van der Waals surface area contributed by atoms with Crippen molar-refractivity contribution in [3.63, 3.8) is 0 Å². The van der Waals surface area contributed by atoms with E-state index in [0.29, 0.717) is 55.5 Å². The van der Waals surface area contributed by atoms with E-state index in [1.54, 1.807) is 29.5 Å². The van der Waals surface area contributed by atoms with E-state index in [4.69, 9.17) is 4.74 Å². The number of ether oxygens (including phenoxy) is 1. The maximum atomic E-state index is 15.8. The summed E-state index contributed by atoms with van der Waals surface area (Å²) in [5, 5.41) is 12.1. The van der Waals surface area contributed by atoms with E-state index >= 15 is 4.39 Å². The largest absolute Gasteiger partial charge is 0.497 e. The monoisotopic (exact) mass is 512 g/mol. The molecule has 1 saturated heterocycles. The Hall–Kier alpha value is -3.02. The zero-order chi connectivity index (χ0) is 25.5. The van der Waals surface area contributed by atoms with Crippen molar-refractivity contribution in [2.45, 2.75) is 45.0 Å². The smallest absolute Gasteiger partial charge is 0.303 e. The van der Waals surface area contributed by atoms with Crippen molar-refractivity contribution in [3.8, 4) is 17.6 Å². The van der Waals surface area contributed by atoms with E-state index < -0.39 is 24.2 Å². The molecule has 0 aliphatic carbocycles. The number of nitrogens with zero attached hydrogens (tertiary/aromatic N) is 2. The van der Waals surface area contributed by atoms with Crippen LogP contribution in [0, 0.1) is 17.3 Å². The predicted octanol–water partition coefficient (Wildman–Crippen LogP) is 6.17. The number of halogens is 2. The molecule has 3 aromatic rings. The fraction of sp³-hybridized carbons (Fsp3) is 0.429. The van der Waals surface area contributed by atoms with Crippen LogP contribution in [0.2, 0.25) is 0 Å². The molecule has 190 valence electrons.